The summed E-state index contributed by atoms with van der Waals surface area (Å²) < 4.78 is 0. The van der Waals surface area contributed by atoms with E-state index in [2.05, 4.69) is 16.0 Å². The van der Waals surface area contributed by atoms with Crippen LogP contribution in [0.5, 0.6) is 0 Å². The minimum atomic E-state index is -0.386. The molecule has 0 saturated carbocycles. The number of rotatable bonds is 7. The molecular weight excluding hydrogens is 412 g/mol. The van der Waals surface area contributed by atoms with Crippen molar-refractivity contribution in [2.24, 2.45) is 0 Å². The van der Waals surface area contributed by atoms with E-state index in [9.17, 15) is 14.4 Å². The lowest BCUT2D eigenvalue weighted by atomic mass is 10.1. The maximum Gasteiger partial charge on any atom is 0.324 e. The Balaban J connectivity index is 1.61. The van der Waals surface area contributed by atoms with Crippen molar-refractivity contribution in [3.8, 4) is 0 Å². The zero-order valence-corrected chi connectivity index (χ0v) is 18.2. The molecule has 1 heterocycles. The Morgan fingerprint density at radius 2 is 1.52 bits per heavy atom. The van der Waals surface area contributed by atoms with Crippen LogP contribution in [0.25, 0.3) is 0 Å². The lowest BCUT2D eigenvalue weighted by Gasteiger charge is -2.18. The van der Waals surface area contributed by atoms with Crippen LogP contribution in [0.2, 0.25) is 0 Å². The number of thiophene rings is 1. The minimum Gasteiger partial charge on any atom is -0.339 e. The first-order chi connectivity index (χ1) is 15.0. The Kier molecular flexibility index (Phi) is 7.40. The van der Waals surface area contributed by atoms with Crippen LogP contribution in [0.3, 0.4) is 0 Å². The first-order valence-corrected chi connectivity index (χ1v) is 10.8. The molecule has 0 aliphatic rings. The molecule has 0 atom stereocenters. The second-order valence-corrected chi connectivity index (χ2v) is 7.71. The Morgan fingerprint density at radius 3 is 2.23 bits per heavy atom. The summed E-state index contributed by atoms with van der Waals surface area (Å²) in [5.41, 5.74) is 1.73. The van der Waals surface area contributed by atoms with Crippen molar-refractivity contribution in [3.63, 3.8) is 0 Å². The van der Waals surface area contributed by atoms with Gasteiger partial charge < -0.3 is 15.5 Å². The Labute approximate surface area is 185 Å². The van der Waals surface area contributed by atoms with Crippen molar-refractivity contribution in [2.45, 2.75) is 13.8 Å². The van der Waals surface area contributed by atoms with Crippen LogP contribution in [0, 0.1) is 0 Å². The van der Waals surface area contributed by atoms with Gasteiger partial charge in [0.2, 0.25) is 0 Å². The Hall–Kier alpha value is -3.65. The van der Waals surface area contributed by atoms with Gasteiger partial charge in [-0.05, 0) is 56.3 Å². The fourth-order valence-electron chi connectivity index (χ4n) is 2.94. The molecule has 3 N–H and O–H groups in total. The number of benzene rings is 2. The van der Waals surface area contributed by atoms with Gasteiger partial charge in [0.1, 0.15) is 0 Å². The smallest absolute Gasteiger partial charge is 0.324 e. The van der Waals surface area contributed by atoms with Gasteiger partial charge in [-0.15, -0.1) is 11.3 Å². The molecule has 3 rings (SSSR count). The maximum absolute atomic E-state index is 12.6. The number of carbonyl (C=O) groups is 3. The van der Waals surface area contributed by atoms with Gasteiger partial charge in [0, 0.05) is 30.0 Å². The van der Waals surface area contributed by atoms with Gasteiger partial charge in [0.25, 0.3) is 11.8 Å². The van der Waals surface area contributed by atoms with E-state index in [0.29, 0.717) is 39.9 Å². The number of carbonyl (C=O) groups excluding carboxylic acids is 3. The van der Waals surface area contributed by atoms with Gasteiger partial charge in [-0.25, -0.2) is 4.79 Å². The number of para-hydroxylation sites is 1. The normalized spacial score (nSPS) is 10.3. The predicted octanol–water partition coefficient (Wildman–Crippen LogP) is 5.13. The predicted molar refractivity (Wildman–Crippen MR) is 125 cm³/mol. The van der Waals surface area contributed by atoms with E-state index in [4.69, 9.17) is 0 Å². The lowest BCUT2D eigenvalue weighted by Crippen LogP contribution is -2.30. The summed E-state index contributed by atoms with van der Waals surface area (Å²) >= 11 is 1.16. The summed E-state index contributed by atoms with van der Waals surface area (Å²) in [5.74, 6) is -0.387. The summed E-state index contributed by atoms with van der Waals surface area (Å²) in [6, 6.07) is 18.9. The SMILES string of the molecule is CCN(CC)C(=O)c1cccc(NC(=O)c2ccc(NC(=O)Nc3ccccc3)s2)c1. The molecule has 0 aliphatic carbocycles. The van der Waals surface area contributed by atoms with Gasteiger partial charge in [-0.3, -0.25) is 14.9 Å². The molecule has 7 nitrogen and oxygen atoms in total. The molecule has 1 aromatic heterocycles. The molecule has 0 unspecified atom stereocenters. The van der Waals surface area contributed by atoms with Crippen molar-refractivity contribution in [1.29, 1.82) is 0 Å². The van der Waals surface area contributed by atoms with Crippen molar-refractivity contribution >= 4 is 45.6 Å². The third-order valence-corrected chi connectivity index (χ3v) is 5.52. The van der Waals surface area contributed by atoms with Crippen molar-refractivity contribution in [3.05, 3.63) is 77.2 Å². The number of urea groups is 1. The van der Waals surface area contributed by atoms with E-state index in [0.717, 1.165) is 11.3 Å². The van der Waals surface area contributed by atoms with Crippen LogP contribution in [0.1, 0.15) is 33.9 Å². The second-order valence-electron chi connectivity index (χ2n) is 6.62. The first kappa shape index (κ1) is 22.0. The minimum absolute atomic E-state index is 0.0758. The molecule has 0 bridgehead atoms. The number of amides is 4. The molecule has 0 aliphatic heterocycles. The summed E-state index contributed by atoms with van der Waals surface area (Å²) in [7, 11) is 0. The van der Waals surface area contributed by atoms with Gasteiger partial charge in [0.15, 0.2) is 0 Å². The molecule has 3 aromatic rings. The van der Waals surface area contributed by atoms with Crippen LogP contribution in [-0.2, 0) is 0 Å². The van der Waals surface area contributed by atoms with Crippen LogP contribution in [0.15, 0.2) is 66.7 Å². The highest BCUT2D eigenvalue weighted by Crippen LogP contribution is 2.23. The summed E-state index contributed by atoms with van der Waals surface area (Å²) in [4.78, 5) is 39.4. The highest BCUT2D eigenvalue weighted by molar-refractivity contribution is 7.18. The maximum atomic E-state index is 12.6. The van der Waals surface area contributed by atoms with E-state index in [-0.39, 0.29) is 17.8 Å². The Bertz CT molecular complexity index is 1060. The zero-order chi connectivity index (χ0) is 22.2. The molecule has 8 heteroatoms. The summed E-state index contributed by atoms with van der Waals surface area (Å²) in [5, 5.41) is 8.79. The van der Waals surface area contributed by atoms with Crippen LogP contribution >= 0.6 is 11.3 Å². The molecule has 0 spiro atoms. The number of nitrogens with zero attached hydrogens (tertiary/aromatic N) is 1. The van der Waals surface area contributed by atoms with E-state index in [1.54, 1.807) is 53.4 Å². The number of hydrogen-bond acceptors (Lipinski definition) is 4. The number of hydrogen-bond donors (Lipinski definition) is 3. The van der Waals surface area contributed by atoms with Crippen molar-refractivity contribution in [1.82, 2.24) is 4.90 Å². The van der Waals surface area contributed by atoms with E-state index in [1.807, 2.05) is 32.0 Å². The third kappa shape index (κ3) is 5.93. The van der Waals surface area contributed by atoms with Gasteiger partial charge in [-0.2, -0.15) is 0 Å². The fraction of sp³-hybridized carbons (Fsp3) is 0.174. The highest BCUT2D eigenvalue weighted by atomic mass is 32.1. The molecular formula is C23H24N4O3S. The quantitative estimate of drug-likeness (QED) is 0.480. The molecule has 31 heavy (non-hydrogen) atoms. The van der Waals surface area contributed by atoms with E-state index >= 15 is 0 Å². The van der Waals surface area contributed by atoms with Crippen molar-refractivity contribution in [2.75, 3.05) is 29.0 Å². The molecule has 160 valence electrons. The molecule has 0 saturated heterocycles. The van der Waals surface area contributed by atoms with Gasteiger partial charge >= 0.3 is 6.03 Å². The lowest BCUT2D eigenvalue weighted by molar-refractivity contribution is 0.0772. The topological polar surface area (TPSA) is 90.5 Å². The first-order valence-electron chi connectivity index (χ1n) is 9.93. The standard InChI is InChI=1S/C23H24N4O3S/c1-3-27(4-2)22(29)16-9-8-12-18(15-16)24-21(28)19-13-14-20(31-19)26-23(30)25-17-10-6-5-7-11-17/h5-15H,3-4H2,1-2H3,(H,24,28)(H2,25,26,30). The van der Waals surface area contributed by atoms with E-state index in [1.165, 1.54) is 0 Å². The van der Waals surface area contributed by atoms with Gasteiger partial charge in [-0.1, -0.05) is 24.3 Å². The highest BCUT2D eigenvalue weighted by Gasteiger charge is 2.15. The summed E-state index contributed by atoms with van der Waals surface area (Å²) in [6.45, 7) is 5.09. The number of nitrogens with one attached hydrogen (secondary N) is 3. The largest absolute Gasteiger partial charge is 0.339 e. The average molecular weight is 437 g/mol. The summed E-state index contributed by atoms with van der Waals surface area (Å²) in [6.07, 6.45) is 0. The van der Waals surface area contributed by atoms with E-state index < -0.39 is 0 Å². The van der Waals surface area contributed by atoms with Gasteiger partial charge in [0.05, 0.1) is 9.88 Å². The molecule has 2 aromatic carbocycles. The zero-order valence-electron chi connectivity index (χ0n) is 17.3. The third-order valence-electron chi connectivity index (χ3n) is 4.52. The monoisotopic (exact) mass is 436 g/mol. The molecule has 4 amide bonds. The van der Waals surface area contributed by atoms with Crippen LogP contribution in [-0.4, -0.2) is 35.8 Å². The molecule has 0 fully saturated rings. The number of anilines is 3. The fourth-order valence-corrected chi connectivity index (χ4v) is 3.74. The van der Waals surface area contributed by atoms with Crippen LogP contribution in [0.4, 0.5) is 21.2 Å². The van der Waals surface area contributed by atoms with Crippen molar-refractivity contribution < 1.29 is 14.4 Å². The second kappa shape index (κ2) is 10.4. The van der Waals surface area contributed by atoms with Crippen LogP contribution < -0.4 is 16.0 Å². The molecule has 0 radical (unpaired) electrons. The Morgan fingerprint density at radius 1 is 0.806 bits per heavy atom. The average Bonchev–Trinajstić information content (AvgIpc) is 3.24.